The minimum absolute atomic E-state index is 0.0566. The monoisotopic (exact) mass is 311 g/mol. The number of allylic oxidation sites excluding steroid dienone is 2. The summed E-state index contributed by atoms with van der Waals surface area (Å²) in [6.07, 6.45) is 12.3. The van der Waals surface area contributed by atoms with Crippen molar-refractivity contribution in [3.8, 4) is 0 Å². The number of rotatable bonds is 7. The van der Waals surface area contributed by atoms with Crippen LogP contribution in [0.5, 0.6) is 0 Å². The van der Waals surface area contributed by atoms with Crippen LogP contribution in [0.25, 0.3) is 5.57 Å². The van der Waals surface area contributed by atoms with Crippen molar-refractivity contribution < 1.29 is 4.79 Å². The Bertz CT molecular complexity index is 573. The van der Waals surface area contributed by atoms with Crippen molar-refractivity contribution in [2.45, 2.75) is 58.4 Å². The lowest BCUT2D eigenvalue weighted by Crippen LogP contribution is -2.52. The molecule has 1 aromatic carbocycles. The quantitative estimate of drug-likeness (QED) is 0.696. The normalized spacial score (nSPS) is 23.4. The van der Waals surface area contributed by atoms with Gasteiger partial charge in [0.05, 0.1) is 5.54 Å². The molecule has 2 atom stereocenters. The van der Waals surface area contributed by atoms with Crippen molar-refractivity contribution in [1.29, 1.82) is 0 Å². The number of hydrogen-bond donors (Lipinski definition) is 1. The first-order valence-electron chi connectivity index (χ1n) is 8.86. The summed E-state index contributed by atoms with van der Waals surface area (Å²) in [7, 11) is 0. The summed E-state index contributed by atoms with van der Waals surface area (Å²) >= 11 is 0. The van der Waals surface area contributed by atoms with Crippen molar-refractivity contribution in [2.75, 3.05) is 0 Å². The summed E-state index contributed by atoms with van der Waals surface area (Å²) in [5.74, 6) is 0.393. The molecule has 0 heterocycles. The smallest absolute Gasteiger partial charge is 0.217 e. The van der Waals surface area contributed by atoms with Crippen LogP contribution in [0.3, 0.4) is 0 Å². The molecule has 1 N–H and O–H groups in total. The second kappa shape index (κ2) is 8.14. The van der Waals surface area contributed by atoms with Gasteiger partial charge in [-0.15, -0.1) is 0 Å². The van der Waals surface area contributed by atoms with Gasteiger partial charge in [0.1, 0.15) is 0 Å². The lowest BCUT2D eigenvalue weighted by molar-refractivity contribution is -0.120. The van der Waals surface area contributed by atoms with Gasteiger partial charge in [0, 0.05) is 12.8 Å². The van der Waals surface area contributed by atoms with E-state index >= 15 is 0 Å². The Morgan fingerprint density at radius 2 is 1.91 bits per heavy atom. The van der Waals surface area contributed by atoms with Crippen LogP contribution in [0.2, 0.25) is 0 Å². The summed E-state index contributed by atoms with van der Waals surface area (Å²) in [5.41, 5.74) is 2.27. The molecule has 1 amide bonds. The number of unbranched alkanes of at least 4 members (excludes halogenated alkanes) is 2. The van der Waals surface area contributed by atoms with Gasteiger partial charge in [-0.25, -0.2) is 0 Å². The summed E-state index contributed by atoms with van der Waals surface area (Å²) in [6, 6.07) is 10.5. The van der Waals surface area contributed by atoms with Crippen LogP contribution in [-0.4, -0.2) is 11.4 Å². The lowest BCUT2D eigenvalue weighted by atomic mass is 9.73. The lowest BCUT2D eigenvalue weighted by Gasteiger charge is -2.40. The van der Waals surface area contributed by atoms with Crippen LogP contribution < -0.4 is 5.32 Å². The molecular formula is C21H29NO. The topological polar surface area (TPSA) is 29.1 Å². The molecule has 0 fully saturated rings. The third kappa shape index (κ3) is 4.34. The Morgan fingerprint density at radius 1 is 1.17 bits per heavy atom. The minimum atomic E-state index is -0.228. The Labute approximate surface area is 140 Å². The van der Waals surface area contributed by atoms with Crippen molar-refractivity contribution in [3.63, 3.8) is 0 Å². The average molecular weight is 311 g/mol. The van der Waals surface area contributed by atoms with Gasteiger partial charge in [0.15, 0.2) is 0 Å². The molecule has 2 nitrogen and oxygen atoms in total. The van der Waals surface area contributed by atoms with E-state index in [9.17, 15) is 4.79 Å². The van der Waals surface area contributed by atoms with Gasteiger partial charge in [-0.1, -0.05) is 81.7 Å². The van der Waals surface area contributed by atoms with E-state index < -0.39 is 0 Å². The first-order valence-corrected chi connectivity index (χ1v) is 8.86. The van der Waals surface area contributed by atoms with Crippen LogP contribution in [0.15, 0.2) is 48.6 Å². The van der Waals surface area contributed by atoms with Gasteiger partial charge in [-0.2, -0.15) is 0 Å². The molecule has 2 rings (SSSR count). The maximum absolute atomic E-state index is 11.8. The highest BCUT2D eigenvalue weighted by Gasteiger charge is 2.36. The van der Waals surface area contributed by atoms with Gasteiger partial charge in [-0.3, -0.25) is 4.79 Å². The van der Waals surface area contributed by atoms with E-state index in [0.717, 1.165) is 19.3 Å². The van der Waals surface area contributed by atoms with Crippen molar-refractivity contribution in [1.82, 2.24) is 5.32 Å². The molecule has 0 spiro atoms. The van der Waals surface area contributed by atoms with Crippen LogP contribution >= 0.6 is 0 Å². The van der Waals surface area contributed by atoms with Crippen molar-refractivity contribution >= 4 is 11.5 Å². The molecule has 0 aromatic heterocycles. The number of hydrogen-bond acceptors (Lipinski definition) is 1. The molecular weight excluding hydrogens is 282 g/mol. The van der Waals surface area contributed by atoms with Gasteiger partial charge in [0.25, 0.3) is 0 Å². The zero-order valence-electron chi connectivity index (χ0n) is 14.6. The molecule has 0 saturated heterocycles. The molecule has 124 valence electrons. The van der Waals surface area contributed by atoms with Gasteiger partial charge in [0.2, 0.25) is 5.91 Å². The van der Waals surface area contributed by atoms with Gasteiger partial charge in [-0.05, 0) is 24.0 Å². The maximum atomic E-state index is 11.8. The molecule has 0 saturated carbocycles. The van der Waals surface area contributed by atoms with Crippen LogP contribution in [0.1, 0.15) is 58.4 Å². The molecule has 0 bridgehead atoms. The highest BCUT2D eigenvalue weighted by molar-refractivity contribution is 5.78. The maximum Gasteiger partial charge on any atom is 0.217 e. The van der Waals surface area contributed by atoms with Gasteiger partial charge >= 0.3 is 0 Å². The van der Waals surface area contributed by atoms with E-state index in [1.165, 1.54) is 24.0 Å². The molecule has 2 unspecified atom stereocenters. The van der Waals surface area contributed by atoms with Crippen LogP contribution in [0.4, 0.5) is 0 Å². The Hall–Kier alpha value is -1.83. The average Bonchev–Trinajstić information content (AvgIpc) is 2.56. The van der Waals surface area contributed by atoms with E-state index in [1.54, 1.807) is 6.92 Å². The third-order valence-corrected chi connectivity index (χ3v) is 4.75. The Balaban J connectivity index is 2.28. The predicted octanol–water partition coefficient (Wildman–Crippen LogP) is 5.12. The van der Waals surface area contributed by atoms with E-state index in [-0.39, 0.29) is 11.4 Å². The molecule has 1 aromatic rings. The zero-order valence-corrected chi connectivity index (χ0v) is 14.6. The fourth-order valence-corrected chi connectivity index (χ4v) is 3.55. The number of carbonyl (C=O) groups is 1. The molecule has 1 aliphatic carbocycles. The van der Waals surface area contributed by atoms with Crippen molar-refractivity contribution in [2.24, 2.45) is 5.92 Å². The predicted molar refractivity (Wildman–Crippen MR) is 98.0 cm³/mol. The van der Waals surface area contributed by atoms with E-state index in [4.69, 9.17) is 0 Å². The molecule has 23 heavy (non-hydrogen) atoms. The number of amides is 1. The highest BCUT2D eigenvalue weighted by atomic mass is 16.1. The first-order chi connectivity index (χ1) is 11.1. The standard InChI is InChI=1S/C21H29NO/c1-4-6-10-14-21(22-17(3)23)15-13-19(16-20(21)5-2)18-11-8-7-9-12-18/h7-9,11-13,15-16,20H,4-6,10,14H2,1-3H3,(H,22,23). The first kappa shape index (κ1) is 17.5. The van der Waals surface area contributed by atoms with Gasteiger partial charge < -0.3 is 5.32 Å². The Kier molecular flexibility index (Phi) is 6.20. The second-order valence-electron chi connectivity index (χ2n) is 6.51. The number of benzene rings is 1. The summed E-state index contributed by atoms with van der Waals surface area (Å²) in [6.45, 7) is 6.05. The minimum Gasteiger partial charge on any atom is -0.347 e. The van der Waals surface area contributed by atoms with Crippen LogP contribution in [0, 0.1) is 5.92 Å². The number of carbonyl (C=O) groups excluding carboxylic acids is 1. The zero-order chi connectivity index (χ0) is 16.7. The number of nitrogens with one attached hydrogen (secondary N) is 1. The fraction of sp³-hybridized carbons (Fsp3) is 0.476. The molecule has 1 aliphatic rings. The molecule has 0 radical (unpaired) electrons. The van der Waals surface area contributed by atoms with Crippen molar-refractivity contribution in [3.05, 3.63) is 54.1 Å². The second-order valence-corrected chi connectivity index (χ2v) is 6.51. The largest absolute Gasteiger partial charge is 0.347 e. The van der Waals surface area contributed by atoms with Crippen LogP contribution in [-0.2, 0) is 4.79 Å². The Morgan fingerprint density at radius 3 is 2.52 bits per heavy atom. The summed E-state index contributed by atoms with van der Waals surface area (Å²) in [4.78, 5) is 11.8. The highest BCUT2D eigenvalue weighted by Crippen LogP contribution is 2.36. The molecule has 2 heteroatoms. The summed E-state index contributed by atoms with van der Waals surface area (Å²) in [5, 5.41) is 3.26. The van der Waals surface area contributed by atoms with E-state index in [1.807, 2.05) is 6.07 Å². The van der Waals surface area contributed by atoms with E-state index in [0.29, 0.717) is 5.92 Å². The molecule has 0 aliphatic heterocycles. The summed E-state index contributed by atoms with van der Waals surface area (Å²) < 4.78 is 0. The SMILES string of the molecule is CCCCCC1(NC(C)=O)C=CC(c2ccccc2)=CC1CC. The van der Waals surface area contributed by atoms with E-state index in [2.05, 4.69) is 61.7 Å². The third-order valence-electron chi connectivity index (χ3n) is 4.75. The fourth-order valence-electron chi connectivity index (χ4n) is 3.55.